The van der Waals surface area contributed by atoms with E-state index in [-0.39, 0.29) is 77.0 Å². The van der Waals surface area contributed by atoms with E-state index in [4.69, 9.17) is 9.47 Å². The fourth-order valence-electron chi connectivity index (χ4n) is 4.41. The number of rotatable bonds is 9. The Kier molecular flexibility index (Phi) is 7.91. The highest BCUT2D eigenvalue weighted by Crippen LogP contribution is 2.36. The van der Waals surface area contributed by atoms with E-state index < -0.39 is 29.2 Å². The fourth-order valence-corrected chi connectivity index (χ4v) is 4.41. The predicted octanol–water partition coefficient (Wildman–Crippen LogP) is 4.57. The monoisotopic (exact) mass is 590 g/mol. The topological polar surface area (TPSA) is 123 Å². The molecule has 0 fully saturated rings. The molecule has 2 aromatic carbocycles. The van der Waals surface area contributed by atoms with Gasteiger partial charge in [0.1, 0.15) is 16.8 Å². The van der Waals surface area contributed by atoms with Crippen LogP contribution in [-0.4, -0.2) is 45.1 Å². The number of fused-ring (bicyclic) bond motifs is 1. The van der Waals surface area contributed by atoms with Crippen molar-refractivity contribution >= 4 is 22.7 Å². The lowest BCUT2D eigenvalue weighted by molar-refractivity contribution is -0.144. The quantitative estimate of drug-likeness (QED) is 0.218. The minimum absolute atomic E-state index is 0.00768. The number of aromatic nitrogens is 4. The van der Waals surface area contributed by atoms with Gasteiger partial charge in [-0.1, -0.05) is 0 Å². The Labute approximate surface area is 234 Å². The number of H-pyrrole nitrogens is 1. The Morgan fingerprint density at radius 3 is 2.43 bits per heavy atom. The van der Waals surface area contributed by atoms with E-state index in [9.17, 15) is 31.5 Å². The number of hydrogen-bond acceptors (Lipinski definition) is 7. The minimum atomic E-state index is -4.71. The van der Waals surface area contributed by atoms with Crippen molar-refractivity contribution < 1.29 is 36.2 Å². The lowest BCUT2D eigenvalue weighted by Crippen LogP contribution is -2.26. The summed E-state index contributed by atoms with van der Waals surface area (Å²) in [6, 6.07) is 8.21. The summed E-state index contributed by atoms with van der Waals surface area (Å²) in [5.74, 6) is -3.96. The number of alkyl halides is 3. The van der Waals surface area contributed by atoms with Crippen LogP contribution in [0.2, 0.25) is 0 Å². The summed E-state index contributed by atoms with van der Waals surface area (Å²) in [7, 11) is 1.32. The van der Waals surface area contributed by atoms with Crippen molar-refractivity contribution in [3.63, 3.8) is 0 Å². The number of halogens is 5. The largest absolute Gasteiger partial charge is 0.494 e. The van der Waals surface area contributed by atoms with Crippen LogP contribution in [0.1, 0.15) is 37.1 Å². The Morgan fingerprint density at radius 1 is 0.952 bits per heavy atom. The molecule has 3 heterocycles. The van der Waals surface area contributed by atoms with Crippen LogP contribution in [0.25, 0.3) is 22.3 Å². The molecule has 0 atom stereocenters. The molecule has 0 spiro atoms. The first-order valence-electron chi connectivity index (χ1n) is 12.8. The normalized spacial score (nSPS) is 13.7. The van der Waals surface area contributed by atoms with E-state index in [1.807, 2.05) is 0 Å². The summed E-state index contributed by atoms with van der Waals surface area (Å²) < 4.78 is 80.8. The zero-order valence-corrected chi connectivity index (χ0v) is 22.0. The molecule has 1 aliphatic heterocycles. The Morgan fingerprint density at radius 2 is 1.71 bits per heavy atom. The van der Waals surface area contributed by atoms with Crippen LogP contribution in [0.3, 0.4) is 0 Å². The van der Waals surface area contributed by atoms with Crippen LogP contribution in [0.5, 0.6) is 11.5 Å². The lowest BCUT2D eigenvalue weighted by atomic mass is 10.0. The van der Waals surface area contributed by atoms with Gasteiger partial charge in [-0.3, -0.25) is 9.59 Å². The molecule has 2 aromatic heterocycles. The van der Waals surface area contributed by atoms with Crippen LogP contribution in [0.4, 0.5) is 22.0 Å². The first-order chi connectivity index (χ1) is 20.1. The van der Waals surface area contributed by atoms with Gasteiger partial charge in [-0.05, 0) is 43.2 Å². The number of hydrogen-bond donors (Lipinski definition) is 2. The molecule has 0 saturated heterocycles. The average molecular weight is 591 g/mol. The van der Waals surface area contributed by atoms with Crippen LogP contribution >= 0.6 is 0 Å². The Bertz CT molecular complexity index is 1750. The standard InChI is InChI=1S/C27H23F5N6O4/c1-41-19-9-5-15(24-25(19)34-26(33-24)27(30,31)32)17-7-11-21(40)38(37-17)12-2-3-13-42-18-8-4-14(22(28)23(18)29)16-6-10-20(39)36-35-16/h4-5,7-9,11H,2-3,6,10,12-13H2,1H3,(H,33,34)(H,36,39). The van der Waals surface area contributed by atoms with Crippen LogP contribution in [-0.2, 0) is 17.5 Å². The number of methoxy groups -OCH3 is 1. The van der Waals surface area contributed by atoms with Crippen LogP contribution in [0, 0.1) is 11.6 Å². The van der Waals surface area contributed by atoms with E-state index in [0.717, 1.165) is 4.68 Å². The van der Waals surface area contributed by atoms with Crippen LogP contribution < -0.4 is 20.5 Å². The molecule has 15 heteroatoms. The maximum atomic E-state index is 14.6. The molecule has 1 aliphatic rings. The van der Waals surface area contributed by atoms with E-state index in [0.29, 0.717) is 12.8 Å². The molecule has 42 heavy (non-hydrogen) atoms. The molecule has 220 valence electrons. The molecule has 0 radical (unpaired) electrons. The second-order valence-electron chi connectivity index (χ2n) is 9.29. The number of nitrogens with zero attached hydrogens (tertiary/aromatic N) is 4. The molecule has 10 nitrogen and oxygen atoms in total. The van der Waals surface area contributed by atoms with Gasteiger partial charge in [0.15, 0.2) is 11.6 Å². The van der Waals surface area contributed by atoms with E-state index in [2.05, 4.69) is 25.6 Å². The highest BCUT2D eigenvalue weighted by atomic mass is 19.4. The third-order valence-corrected chi connectivity index (χ3v) is 6.52. The first kappa shape index (κ1) is 28.7. The number of carbonyl (C=O) groups is 1. The zero-order valence-electron chi connectivity index (χ0n) is 22.0. The number of ether oxygens (including phenoxy) is 2. The first-order valence-corrected chi connectivity index (χ1v) is 12.8. The van der Waals surface area contributed by atoms with Gasteiger partial charge in [-0.25, -0.2) is 19.5 Å². The lowest BCUT2D eigenvalue weighted by Gasteiger charge is -2.14. The van der Waals surface area contributed by atoms with Crippen molar-refractivity contribution in [2.45, 2.75) is 38.4 Å². The van der Waals surface area contributed by atoms with E-state index in [1.54, 1.807) is 0 Å². The van der Waals surface area contributed by atoms with Gasteiger partial charge in [0.2, 0.25) is 17.5 Å². The second-order valence-corrected chi connectivity index (χ2v) is 9.29. The third kappa shape index (κ3) is 5.80. The molecule has 5 rings (SSSR count). The number of aromatic amines is 1. The van der Waals surface area contributed by atoms with Gasteiger partial charge in [0.05, 0.1) is 25.1 Å². The summed E-state index contributed by atoms with van der Waals surface area (Å²) in [6.45, 7) is 0.138. The molecular formula is C27H23F5N6O4. The highest BCUT2D eigenvalue weighted by Gasteiger charge is 2.35. The number of unbranched alkanes of at least 4 members (excludes halogenated alkanes) is 1. The minimum Gasteiger partial charge on any atom is -0.494 e. The van der Waals surface area contributed by atoms with E-state index >= 15 is 0 Å². The fraction of sp³-hybridized carbons (Fsp3) is 0.296. The molecule has 0 saturated carbocycles. The van der Waals surface area contributed by atoms with Gasteiger partial charge in [-0.2, -0.15) is 27.8 Å². The SMILES string of the molecule is COc1ccc(-c2ccc(=O)n(CCCCOc3ccc(C4=NNC(=O)CC4)c(F)c3F)n2)c2nc(C(F)(F)F)[nH]c12. The smallest absolute Gasteiger partial charge is 0.449 e. The van der Waals surface area contributed by atoms with Crippen molar-refractivity contribution in [2.75, 3.05) is 13.7 Å². The number of hydrazone groups is 1. The molecule has 1 amide bonds. The molecule has 4 aromatic rings. The number of nitrogens with one attached hydrogen (secondary N) is 2. The van der Waals surface area contributed by atoms with Crippen LogP contribution in [0.15, 0.2) is 46.3 Å². The molecular weight excluding hydrogens is 567 g/mol. The molecule has 2 N–H and O–H groups in total. The molecule has 0 unspecified atom stereocenters. The number of carbonyl (C=O) groups excluding carboxylic acids is 1. The number of amides is 1. The maximum absolute atomic E-state index is 14.6. The maximum Gasteiger partial charge on any atom is 0.449 e. The summed E-state index contributed by atoms with van der Waals surface area (Å²) in [5.41, 5.74) is 2.46. The summed E-state index contributed by atoms with van der Waals surface area (Å²) in [6.07, 6.45) is -3.70. The summed E-state index contributed by atoms with van der Waals surface area (Å²) >= 11 is 0. The molecule has 0 bridgehead atoms. The van der Waals surface area contributed by atoms with Gasteiger partial charge in [0.25, 0.3) is 5.56 Å². The number of benzene rings is 2. The predicted molar refractivity (Wildman–Crippen MR) is 140 cm³/mol. The summed E-state index contributed by atoms with van der Waals surface area (Å²) in [5, 5.41) is 8.07. The molecule has 0 aliphatic carbocycles. The Hall–Kier alpha value is -4.82. The van der Waals surface area contributed by atoms with Gasteiger partial charge in [0, 0.05) is 36.6 Å². The van der Waals surface area contributed by atoms with Gasteiger partial charge < -0.3 is 14.5 Å². The van der Waals surface area contributed by atoms with Crippen molar-refractivity contribution in [3.05, 3.63) is 69.8 Å². The highest BCUT2D eigenvalue weighted by molar-refractivity contribution is 6.04. The average Bonchev–Trinajstić information content (AvgIpc) is 3.43. The number of imidazole rings is 1. The van der Waals surface area contributed by atoms with Gasteiger partial charge >= 0.3 is 6.18 Å². The Balaban J connectivity index is 1.25. The van der Waals surface area contributed by atoms with Crippen molar-refractivity contribution in [1.82, 2.24) is 25.2 Å². The van der Waals surface area contributed by atoms with Crippen molar-refractivity contribution in [1.29, 1.82) is 0 Å². The summed E-state index contributed by atoms with van der Waals surface area (Å²) in [4.78, 5) is 29.6. The van der Waals surface area contributed by atoms with E-state index in [1.165, 1.54) is 43.5 Å². The van der Waals surface area contributed by atoms with Gasteiger partial charge in [-0.15, -0.1) is 0 Å². The van der Waals surface area contributed by atoms with Crippen molar-refractivity contribution in [3.8, 4) is 22.8 Å². The van der Waals surface area contributed by atoms with Crippen molar-refractivity contribution in [2.24, 2.45) is 5.10 Å². The zero-order chi connectivity index (χ0) is 30.0. The number of aryl methyl sites for hydroxylation is 1. The second kappa shape index (κ2) is 11.6. The third-order valence-electron chi connectivity index (χ3n) is 6.52.